The van der Waals surface area contributed by atoms with E-state index in [1.807, 2.05) is 18.2 Å². The minimum Gasteiger partial charge on any atom is -0.218 e. The zero-order valence-corrected chi connectivity index (χ0v) is 14.1. The van der Waals surface area contributed by atoms with Gasteiger partial charge in [0.15, 0.2) is 0 Å². The minimum absolute atomic E-state index is 0.329. The standard InChI is InChI=1S/C18H12BrFN4/c19-15-7-6-13(9-16(15)20)17-11-22-18-21-10-14(24(18)23-17)8-12-4-2-1-3-5-12/h1-7,9-11H,8H2. The molecule has 0 aliphatic heterocycles. The molecule has 0 spiro atoms. The molecule has 0 aliphatic rings. The second kappa shape index (κ2) is 6.13. The number of imidazole rings is 1. The lowest BCUT2D eigenvalue weighted by molar-refractivity contribution is 0.621. The van der Waals surface area contributed by atoms with Crippen LogP contribution >= 0.6 is 15.9 Å². The summed E-state index contributed by atoms with van der Waals surface area (Å²) in [5, 5.41) is 4.58. The molecule has 2 aromatic carbocycles. The van der Waals surface area contributed by atoms with Crippen molar-refractivity contribution in [2.24, 2.45) is 0 Å². The third-order valence-corrected chi connectivity index (χ3v) is 4.39. The van der Waals surface area contributed by atoms with Gasteiger partial charge < -0.3 is 0 Å². The predicted octanol–water partition coefficient (Wildman–Crippen LogP) is 4.28. The molecule has 2 aromatic heterocycles. The first-order valence-electron chi connectivity index (χ1n) is 7.40. The van der Waals surface area contributed by atoms with E-state index in [2.05, 4.69) is 43.1 Å². The first-order chi connectivity index (χ1) is 11.7. The summed E-state index contributed by atoms with van der Waals surface area (Å²) >= 11 is 3.16. The van der Waals surface area contributed by atoms with Crippen LogP contribution in [-0.4, -0.2) is 19.6 Å². The van der Waals surface area contributed by atoms with Crippen LogP contribution in [0.1, 0.15) is 11.3 Å². The Labute approximate surface area is 146 Å². The van der Waals surface area contributed by atoms with Crippen molar-refractivity contribution in [3.8, 4) is 11.3 Å². The van der Waals surface area contributed by atoms with Gasteiger partial charge in [-0.25, -0.2) is 18.9 Å². The van der Waals surface area contributed by atoms with Gasteiger partial charge in [-0.2, -0.15) is 5.10 Å². The van der Waals surface area contributed by atoms with Gasteiger partial charge in [0, 0.05) is 12.0 Å². The van der Waals surface area contributed by atoms with Crippen LogP contribution in [0.2, 0.25) is 0 Å². The zero-order valence-electron chi connectivity index (χ0n) is 12.5. The molecule has 0 N–H and O–H groups in total. The van der Waals surface area contributed by atoms with Gasteiger partial charge >= 0.3 is 0 Å². The maximum Gasteiger partial charge on any atom is 0.250 e. The fourth-order valence-electron chi connectivity index (χ4n) is 2.53. The van der Waals surface area contributed by atoms with Gasteiger partial charge in [-0.05, 0) is 33.6 Å². The van der Waals surface area contributed by atoms with Crippen LogP contribution in [0.3, 0.4) is 0 Å². The fourth-order valence-corrected chi connectivity index (χ4v) is 2.78. The van der Waals surface area contributed by atoms with Crippen LogP contribution < -0.4 is 0 Å². The van der Waals surface area contributed by atoms with Crippen LogP contribution in [0.15, 0.2) is 65.4 Å². The predicted molar refractivity (Wildman–Crippen MR) is 93.1 cm³/mol. The van der Waals surface area contributed by atoms with Crippen LogP contribution in [0.25, 0.3) is 17.0 Å². The molecule has 6 heteroatoms. The lowest BCUT2D eigenvalue weighted by Crippen LogP contribution is -2.02. The Bertz CT molecular complexity index is 1010. The Morgan fingerprint density at radius 1 is 1.00 bits per heavy atom. The topological polar surface area (TPSA) is 43.1 Å². The van der Waals surface area contributed by atoms with Crippen molar-refractivity contribution in [1.29, 1.82) is 0 Å². The molecule has 0 fully saturated rings. The molecule has 0 saturated carbocycles. The van der Waals surface area contributed by atoms with E-state index >= 15 is 0 Å². The molecule has 0 atom stereocenters. The summed E-state index contributed by atoms with van der Waals surface area (Å²) < 4.78 is 15.9. The molecule has 0 radical (unpaired) electrons. The molecule has 24 heavy (non-hydrogen) atoms. The fraction of sp³-hybridized carbons (Fsp3) is 0.0556. The maximum atomic E-state index is 13.8. The number of aromatic nitrogens is 4. The SMILES string of the molecule is Fc1cc(-c2cnc3ncc(Cc4ccccc4)n3n2)ccc1Br. The van der Waals surface area contributed by atoms with Crippen LogP contribution in [0.5, 0.6) is 0 Å². The monoisotopic (exact) mass is 382 g/mol. The van der Waals surface area contributed by atoms with Gasteiger partial charge in [0.25, 0.3) is 5.78 Å². The second-order valence-corrected chi connectivity index (χ2v) is 6.25. The van der Waals surface area contributed by atoms with E-state index in [4.69, 9.17) is 0 Å². The van der Waals surface area contributed by atoms with E-state index < -0.39 is 0 Å². The van der Waals surface area contributed by atoms with Crippen molar-refractivity contribution < 1.29 is 4.39 Å². The average Bonchev–Trinajstić information content (AvgIpc) is 3.00. The summed E-state index contributed by atoms with van der Waals surface area (Å²) in [6.07, 6.45) is 4.08. The Hall–Kier alpha value is -2.60. The van der Waals surface area contributed by atoms with Crippen molar-refractivity contribution in [1.82, 2.24) is 19.6 Å². The van der Waals surface area contributed by atoms with Gasteiger partial charge in [0.2, 0.25) is 0 Å². The number of rotatable bonds is 3. The molecule has 0 amide bonds. The molecular weight excluding hydrogens is 371 g/mol. The van der Waals surface area contributed by atoms with Gasteiger partial charge in [0.05, 0.1) is 22.6 Å². The highest BCUT2D eigenvalue weighted by Crippen LogP contribution is 2.23. The van der Waals surface area contributed by atoms with Crippen molar-refractivity contribution >= 4 is 21.7 Å². The van der Waals surface area contributed by atoms with E-state index in [0.717, 1.165) is 5.69 Å². The quantitative estimate of drug-likeness (QED) is 0.530. The number of nitrogens with zero attached hydrogens (tertiary/aromatic N) is 4. The molecule has 0 unspecified atom stereocenters. The first-order valence-corrected chi connectivity index (χ1v) is 8.19. The molecule has 4 aromatic rings. The van der Waals surface area contributed by atoms with E-state index in [1.54, 1.807) is 29.0 Å². The number of halogens is 2. The minimum atomic E-state index is -0.329. The molecule has 4 nitrogen and oxygen atoms in total. The molecule has 0 aliphatic carbocycles. The Balaban J connectivity index is 1.76. The second-order valence-electron chi connectivity index (χ2n) is 5.40. The largest absolute Gasteiger partial charge is 0.250 e. The smallest absolute Gasteiger partial charge is 0.218 e. The summed E-state index contributed by atoms with van der Waals surface area (Å²) in [6, 6.07) is 15.0. The Morgan fingerprint density at radius 3 is 2.58 bits per heavy atom. The summed E-state index contributed by atoms with van der Waals surface area (Å²) in [5.74, 6) is 0.201. The van der Waals surface area contributed by atoms with Gasteiger partial charge in [-0.3, -0.25) is 0 Å². The number of hydrogen-bond acceptors (Lipinski definition) is 3. The maximum absolute atomic E-state index is 13.8. The van der Waals surface area contributed by atoms with Crippen molar-refractivity contribution in [2.75, 3.05) is 0 Å². The summed E-state index contributed by atoms with van der Waals surface area (Å²) in [4.78, 5) is 8.62. The van der Waals surface area contributed by atoms with Crippen LogP contribution in [0.4, 0.5) is 4.39 Å². The average molecular weight is 383 g/mol. The third kappa shape index (κ3) is 2.80. The molecular formula is C18H12BrFN4. The van der Waals surface area contributed by atoms with Gasteiger partial charge in [-0.15, -0.1) is 0 Å². The normalized spacial score (nSPS) is 11.1. The molecule has 0 saturated heterocycles. The van der Waals surface area contributed by atoms with E-state index in [0.29, 0.717) is 27.9 Å². The summed E-state index contributed by atoms with van der Waals surface area (Å²) in [7, 11) is 0. The molecule has 0 bridgehead atoms. The molecule has 2 heterocycles. The van der Waals surface area contributed by atoms with E-state index in [9.17, 15) is 4.39 Å². The van der Waals surface area contributed by atoms with Crippen molar-refractivity contribution in [3.05, 3.63) is 82.5 Å². The number of fused-ring (bicyclic) bond motifs is 1. The number of benzene rings is 2. The molecule has 118 valence electrons. The van der Waals surface area contributed by atoms with Crippen molar-refractivity contribution in [2.45, 2.75) is 6.42 Å². The highest BCUT2D eigenvalue weighted by atomic mass is 79.9. The zero-order chi connectivity index (χ0) is 16.5. The van der Waals surface area contributed by atoms with E-state index in [-0.39, 0.29) is 5.82 Å². The van der Waals surface area contributed by atoms with Gasteiger partial charge in [0.1, 0.15) is 11.5 Å². The summed E-state index contributed by atoms with van der Waals surface area (Å²) in [5.41, 5.74) is 3.37. The lowest BCUT2D eigenvalue weighted by Gasteiger charge is -2.05. The highest BCUT2D eigenvalue weighted by molar-refractivity contribution is 9.10. The Morgan fingerprint density at radius 2 is 1.79 bits per heavy atom. The molecule has 4 rings (SSSR count). The third-order valence-electron chi connectivity index (χ3n) is 3.74. The summed E-state index contributed by atoms with van der Waals surface area (Å²) in [6.45, 7) is 0. The van der Waals surface area contributed by atoms with Crippen molar-refractivity contribution in [3.63, 3.8) is 0 Å². The van der Waals surface area contributed by atoms with Gasteiger partial charge in [-0.1, -0.05) is 36.4 Å². The van der Waals surface area contributed by atoms with Crippen LogP contribution in [0, 0.1) is 5.82 Å². The lowest BCUT2D eigenvalue weighted by atomic mass is 10.1. The Kier molecular flexibility index (Phi) is 3.82. The highest BCUT2D eigenvalue weighted by Gasteiger charge is 2.10. The van der Waals surface area contributed by atoms with E-state index in [1.165, 1.54) is 11.6 Å². The first kappa shape index (κ1) is 15.0. The number of hydrogen-bond donors (Lipinski definition) is 0. The van der Waals surface area contributed by atoms with Crippen LogP contribution in [-0.2, 0) is 6.42 Å².